The number of carbonyl (C=O) groups excluding carboxylic acids is 1. The molecule has 3 nitrogen and oxygen atoms in total. The summed E-state index contributed by atoms with van der Waals surface area (Å²) in [5.74, 6) is 0.0364. The second-order valence-electron chi connectivity index (χ2n) is 3.18. The maximum absolute atomic E-state index is 10.9. The number of rotatable bonds is 2. The fraction of sp³-hybridized carbons (Fsp3) is 0.273. The molecular weight excluding hydrogens is 176 g/mol. The molecule has 0 spiro atoms. The largest absolute Gasteiger partial charge is 0.342 e. The first-order valence-corrected chi connectivity index (χ1v) is 4.34. The van der Waals surface area contributed by atoms with Crippen molar-refractivity contribution in [2.24, 2.45) is 0 Å². The lowest BCUT2D eigenvalue weighted by Crippen LogP contribution is -2.22. The van der Waals surface area contributed by atoms with Crippen molar-refractivity contribution in [3.63, 3.8) is 0 Å². The molecule has 72 valence electrons. The molecule has 0 aliphatic carbocycles. The molecule has 0 unspecified atom stereocenters. The number of hydrogen-bond donors (Lipinski definition) is 0. The van der Waals surface area contributed by atoms with Gasteiger partial charge in [-0.3, -0.25) is 4.79 Å². The van der Waals surface area contributed by atoms with Gasteiger partial charge in [-0.25, -0.2) is 0 Å². The van der Waals surface area contributed by atoms with Gasteiger partial charge in [-0.2, -0.15) is 5.26 Å². The van der Waals surface area contributed by atoms with Crippen LogP contribution in [0.5, 0.6) is 0 Å². The van der Waals surface area contributed by atoms with Gasteiger partial charge in [0, 0.05) is 20.5 Å². The van der Waals surface area contributed by atoms with Gasteiger partial charge in [0.15, 0.2) is 0 Å². The van der Waals surface area contributed by atoms with Crippen LogP contribution in [0.3, 0.4) is 0 Å². The molecule has 1 aromatic rings. The van der Waals surface area contributed by atoms with Crippen molar-refractivity contribution in [3.8, 4) is 6.07 Å². The van der Waals surface area contributed by atoms with E-state index in [-0.39, 0.29) is 5.91 Å². The maximum Gasteiger partial charge on any atom is 0.219 e. The Kier molecular flexibility index (Phi) is 3.24. The summed E-state index contributed by atoms with van der Waals surface area (Å²) in [6.07, 6.45) is 0. The quantitative estimate of drug-likeness (QED) is 0.706. The van der Waals surface area contributed by atoms with Crippen LogP contribution >= 0.6 is 0 Å². The molecule has 0 fully saturated rings. The highest BCUT2D eigenvalue weighted by Gasteiger charge is 2.02. The number of nitrogens with zero attached hydrogens (tertiary/aromatic N) is 2. The van der Waals surface area contributed by atoms with E-state index < -0.39 is 0 Å². The van der Waals surface area contributed by atoms with Crippen molar-refractivity contribution in [1.29, 1.82) is 5.26 Å². The van der Waals surface area contributed by atoms with Gasteiger partial charge in [0.05, 0.1) is 11.6 Å². The van der Waals surface area contributed by atoms with Crippen LogP contribution in [0.2, 0.25) is 0 Å². The van der Waals surface area contributed by atoms with Gasteiger partial charge in [-0.15, -0.1) is 0 Å². The summed E-state index contributed by atoms with van der Waals surface area (Å²) in [7, 11) is 1.75. The third-order valence-corrected chi connectivity index (χ3v) is 2.04. The van der Waals surface area contributed by atoms with E-state index in [0.29, 0.717) is 12.1 Å². The Bertz CT molecular complexity index is 362. The Morgan fingerprint density at radius 3 is 2.43 bits per heavy atom. The zero-order valence-electron chi connectivity index (χ0n) is 8.32. The fourth-order valence-corrected chi connectivity index (χ4v) is 1.07. The van der Waals surface area contributed by atoms with Gasteiger partial charge in [-0.05, 0) is 17.7 Å². The van der Waals surface area contributed by atoms with Crippen LogP contribution in [0.25, 0.3) is 0 Å². The number of carbonyl (C=O) groups is 1. The highest BCUT2D eigenvalue weighted by molar-refractivity contribution is 5.72. The Morgan fingerprint density at radius 2 is 2.00 bits per heavy atom. The molecule has 0 aliphatic heterocycles. The lowest BCUT2D eigenvalue weighted by atomic mass is 10.1. The molecule has 14 heavy (non-hydrogen) atoms. The Hall–Kier alpha value is -1.82. The van der Waals surface area contributed by atoms with E-state index in [0.717, 1.165) is 5.56 Å². The molecular formula is C11H12N2O. The first-order chi connectivity index (χ1) is 6.63. The summed E-state index contributed by atoms with van der Waals surface area (Å²) in [5.41, 5.74) is 1.67. The lowest BCUT2D eigenvalue weighted by Gasteiger charge is -2.14. The second kappa shape index (κ2) is 4.43. The smallest absolute Gasteiger partial charge is 0.219 e. The molecule has 0 aliphatic rings. The minimum atomic E-state index is 0.0364. The molecule has 0 atom stereocenters. The molecule has 0 heterocycles. The molecule has 0 saturated carbocycles. The van der Waals surface area contributed by atoms with Gasteiger partial charge >= 0.3 is 0 Å². The van der Waals surface area contributed by atoms with Crippen LogP contribution in [-0.2, 0) is 11.3 Å². The van der Waals surface area contributed by atoms with Crippen LogP contribution in [-0.4, -0.2) is 17.9 Å². The normalized spacial score (nSPS) is 9.21. The van der Waals surface area contributed by atoms with Crippen molar-refractivity contribution in [3.05, 3.63) is 35.4 Å². The average molecular weight is 188 g/mol. The molecule has 0 N–H and O–H groups in total. The number of nitriles is 1. The van der Waals surface area contributed by atoms with Crippen LogP contribution < -0.4 is 0 Å². The van der Waals surface area contributed by atoms with E-state index in [1.165, 1.54) is 6.92 Å². The third kappa shape index (κ3) is 2.60. The van der Waals surface area contributed by atoms with Gasteiger partial charge in [0.1, 0.15) is 0 Å². The van der Waals surface area contributed by atoms with E-state index in [9.17, 15) is 4.79 Å². The monoisotopic (exact) mass is 188 g/mol. The summed E-state index contributed by atoms with van der Waals surface area (Å²) in [6.45, 7) is 2.12. The van der Waals surface area contributed by atoms with Gasteiger partial charge in [0.2, 0.25) is 5.91 Å². The summed E-state index contributed by atoms with van der Waals surface area (Å²) >= 11 is 0. The Balaban J connectivity index is 2.70. The Labute approximate surface area is 83.6 Å². The first-order valence-electron chi connectivity index (χ1n) is 4.34. The van der Waals surface area contributed by atoms with Crippen LogP contribution in [0.1, 0.15) is 18.1 Å². The first kappa shape index (κ1) is 10.3. The van der Waals surface area contributed by atoms with Gasteiger partial charge in [0.25, 0.3) is 0 Å². The molecule has 0 aromatic heterocycles. The number of hydrogen-bond acceptors (Lipinski definition) is 2. The minimum Gasteiger partial charge on any atom is -0.342 e. The standard InChI is InChI=1S/C11H12N2O/c1-9(14)13(2)8-11-5-3-10(7-12)4-6-11/h3-6H,8H2,1-2H3. The molecule has 0 bridgehead atoms. The predicted molar refractivity (Wildman–Crippen MR) is 53.3 cm³/mol. The lowest BCUT2D eigenvalue weighted by molar-refractivity contribution is -0.128. The van der Waals surface area contributed by atoms with Crippen molar-refractivity contribution in [1.82, 2.24) is 4.90 Å². The van der Waals surface area contributed by atoms with Crippen molar-refractivity contribution >= 4 is 5.91 Å². The van der Waals surface area contributed by atoms with Crippen LogP contribution in [0, 0.1) is 11.3 Å². The van der Waals surface area contributed by atoms with Crippen molar-refractivity contribution in [2.45, 2.75) is 13.5 Å². The highest BCUT2D eigenvalue weighted by Crippen LogP contribution is 2.05. The highest BCUT2D eigenvalue weighted by atomic mass is 16.2. The summed E-state index contributed by atoms with van der Waals surface area (Å²) in [4.78, 5) is 12.6. The van der Waals surface area contributed by atoms with E-state index >= 15 is 0 Å². The van der Waals surface area contributed by atoms with Gasteiger partial charge in [-0.1, -0.05) is 12.1 Å². The average Bonchev–Trinajstić information content (AvgIpc) is 2.19. The van der Waals surface area contributed by atoms with E-state index in [2.05, 4.69) is 0 Å². The topological polar surface area (TPSA) is 44.1 Å². The Morgan fingerprint density at radius 1 is 1.43 bits per heavy atom. The third-order valence-electron chi connectivity index (χ3n) is 2.04. The molecule has 0 saturated heterocycles. The van der Waals surface area contributed by atoms with E-state index in [4.69, 9.17) is 5.26 Å². The molecule has 1 aromatic carbocycles. The zero-order chi connectivity index (χ0) is 10.6. The second-order valence-corrected chi connectivity index (χ2v) is 3.18. The van der Waals surface area contributed by atoms with Crippen molar-refractivity contribution < 1.29 is 4.79 Å². The molecule has 1 amide bonds. The maximum atomic E-state index is 10.9. The van der Waals surface area contributed by atoms with Crippen molar-refractivity contribution in [2.75, 3.05) is 7.05 Å². The van der Waals surface area contributed by atoms with Gasteiger partial charge < -0.3 is 4.90 Å². The zero-order valence-corrected chi connectivity index (χ0v) is 8.32. The van der Waals surface area contributed by atoms with E-state index in [1.807, 2.05) is 18.2 Å². The van der Waals surface area contributed by atoms with Crippen LogP contribution in [0.4, 0.5) is 0 Å². The molecule has 1 rings (SSSR count). The SMILES string of the molecule is CC(=O)N(C)Cc1ccc(C#N)cc1. The molecule has 3 heteroatoms. The number of amides is 1. The predicted octanol–water partition coefficient (Wildman–Crippen LogP) is 1.54. The summed E-state index contributed by atoms with van der Waals surface area (Å²) < 4.78 is 0. The number of benzene rings is 1. The van der Waals surface area contributed by atoms with Crippen LogP contribution in [0.15, 0.2) is 24.3 Å². The molecule has 0 radical (unpaired) electrons. The summed E-state index contributed by atoms with van der Waals surface area (Å²) in [6, 6.07) is 9.27. The van der Waals surface area contributed by atoms with E-state index in [1.54, 1.807) is 24.1 Å². The fourth-order valence-electron chi connectivity index (χ4n) is 1.07. The summed E-state index contributed by atoms with van der Waals surface area (Å²) in [5, 5.41) is 8.58. The minimum absolute atomic E-state index is 0.0364.